The third kappa shape index (κ3) is 3.21. The lowest BCUT2D eigenvalue weighted by atomic mass is 10.3. The van der Waals surface area contributed by atoms with Crippen LogP contribution in [0.3, 0.4) is 0 Å². The van der Waals surface area contributed by atoms with Crippen LogP contribution in [0.1, 0.15) is 0 Å². The van der Waals surface area contributed by atoms with E-state index in [9.17, 15) is 8.42 Å². The van der Waals surface area contributed by atoms with Gasteiger partial charge in [-0.05, 0) is 42.5 Å². The maximum absolute atomic E-state index is 12.3. The Balaban J connectivity index is 1.95. The van der Waals surface area contributed by atoms with Crippen molar-refractivity contribution in [2.24, 2.45) is 0 Å². The zero-order valence-electron chi connectivity index (χ0n) is 10.4. The predicted octanol–water partition coefficient (Wildman–Crippen LogP) is 4.51. The lowest BCUT2D eigenvalue weighted by Gasteiger charge is -2.04. The number of benzene rings is 2. The summed E-state index contributed by atoms with van der Waals surface area (Å²) in [5.74, 6) is 0. The summed E-state index contributed by atoms with van der Waals surface area (Å²) in [5.41, 5.74) is 0.747. The van der Waals surface area contributed by atoms with Crippen LogP contribution in [-0.4, -0.2) is 13.4 Å². The first-order valence-electron chi connectivity index (χ1n) is 5.78. The molecule has 0 saturated heterocycles. The SMILES string of the molecule is O=S(=O)(Nc1nc2ccc(Br)cc2s1)c1ccc(Cl)cc1. The smallest absolute Gasteiger partial charge is 0.255 e. The minimum Gasteiger partial charge on any atom is -0.255 e. The number of nitrogens with one attached hydrogen (secondary N) is 1. The van der Waals surface area contributed by atoms with Crippen molar-refractivity contribution in [2.75, 3.05) is 4.72 Å². The molecule has 0 aliphatic carbocycles. The van der Waals surface area contributed by atoms with E-state index in [4.69, 9.17) is 11.6 Å². The Morgan fingerprint density at radius 2 is 1.86 bits per heavy atom. The normalized spacial score (nSPS) is 11.7. The van der Waals surface area contributed by atoms with Crippen LogP contribution in [0.25, 0.3) is 10.2 Å². The molecular weight excluding hydrogens is 396 g/mol. The highest BCUT2D eigenvalue weighted by molar-refractivity contribution is 9.10. The summed E-state index contributed by atoms with van der Waals surface area (Å²) in [6.07, 6.45) is 0. The summed E-state index contributed by atoms with van der Waals surface area (Å²) in [6, 6.07) is 11.6. The van der Waals surface area contributed by atoms with Crippen molar-refractivity contribution in [1.29, 1.82) is 0 Å². The van der Waals surface area contributed by atoms with E-state index < -0.39 is 10.0 Å². The van der Waals surface area contributed by atoms with E-state index in [2.05, 4.69) is 25.6 Å². The van der Waals surface area contributed by atoms with Crippen LogP contribution in [0.2, 0.25) is 5.02 Å². The van der Waals surface area contributed by atoms with E-state index in [1.165, 1.54) is 35.6 Å². The molecule has 21 heavy (non-hydrogen) atoms. The van der Waals surface area contributed by atoms with E-state index in [1.54, 1.807) is 0 Å². The number of nitrogens with zero attached hydrogens (tertiary/aromatic N) is 1. The molecule has 0 amide bonds. The molecule has 3 aromatic rings. The second kappa shape index (κ2) is 5.57. The van der Waals surface area contributed by atoms with Gasteiger partial charge in [-0.3, -0.25) is 4.72 Å². The van der Waals surface area contributed by atoms with Crippen molar-refractivity contribution in [3.8, 4) is 0 Å². The Morgan fingerprint density at radius 3 is 2.57 bits per heavy atom. The third-order valence-electron chi connectivity index (χ3n) is 2.70. The number of sulfonamides is 1. The largest absolute Gasteiger partial charge is 0.263 e. The van der Waals surface area contributed by atoms with E-state index in [0.29, 0.717) is 10.2 Å². The van der Waals surface area contributed by atoms with Gasteiger partial charge in [0.05, 0.1) is 15.1 Å². The van der Waals surface area contributed by atoms with E-state index >= 15 is 0 Å². The summed E-state index contributed by atoms with van der Waals surface area (Å²) in [5, 5.41) is 0.817. The van der Waals surface area contributed by atoms with Gasteiger partial charge in [0.25, 0.3) is 10.0 Å². The molecule has 0 spiro atoms. The van der Waals surface area contributed by atoms with Crippen LogP contribution < -0.4 is 4.72 Å². The molecule has 2 aromatic carbocycles. The molecule has 1 N–H and O–H groups in total. The summed E-state index contributed by atoms with van der Waals surface area (Å²) >= 11 is 10.4. The Kier molecular flexibility index (Phi) is 3.92. The second-order valence-corrected chi connectivity index (χ2v) is 8.26. The molecule has 8 heteroatoms. The Morgan fingerprint density at radius 1 is 1.14 bits per heavy atom. The van der Waals surface area contributed by atoms with Crippen LogP contribution in [0.4, 0.5) is 5.13 Å². The molecule has 1 aromatic heterocycles. The number of halogens is 2. The first kappa shape index (κ1) is 14.8. The highest BCUT2D eigenvalue weighted by atomic mass is 79.9. The topological polar surface area (TPSA) is 59.1 Å². The average molecular weight is 404 g/mol. The second-order valence-electron chi connectivity index (χ2n) is 4.19. The van der Waals surface area contributed by atoms with Crippen molar-refractivity contribution in [2.45, 2.75) is 4.90 Å². The molecule has 108 valence electrons. The molecule has 0 radical (unpaired) electrons. The van der Waals surface area contributed by atoms with Gasteiger partial charge in [0.2, 0.25) is 0 Å². The number of anilines is 1. The highest BCUT2D eigenvalue weighted by Crippen LogP contribution is 2.29. The Labute approximate surface area is 139 Å². The molecule has 4 nitrogen and oxygen atoms in total. The van der Waals surface area contributed by atoms with Crippen molar-refractivity contribution < 1.29 is 8.42 Å². The number of hydrogen-bond donors (Lipinski definition) is 1. The molecular formula is C13H8BrClN2O2S2. The number of hydrogen-bond acceptors (Lipinski definition) is 4. The lowest BCUT2D eigenvalue weighted by molar-refractivity contribution is 0.601. The quantitative estimate of drug-likeness (QED) is 0.700. The van der Waals surface area contributed by atoms with Crippen molar-refractivity contribution in [3.63, 3.8) is 0 Å². The zero-order chi connectivity index (χ0) is 15.0. The molecule has 0 unspecified atom stereocenters. The molecule has 1 heterocycles. The van der Waals surface area contributed by atoms with Gasteiger partial charge < -0.3 is 0 Å². The summed E-state index contributed by atoms with van der Waals surface area (Å²) in [7, 11) is -3.66. The van der Waals surface area contributed by atoms with Gasteiger partial charge >= 0.3 is 0 Å². The van der Waals surface area contributed by atoms with Crippen LogP contribution >= 0.6 is 38.9 Å². The van der Waals surface area contributed by atoms with Gasteiger partial charge in [-0.2, -0.15) is 0 Å². The van der Waals surface area contributed by atoms with Crippen LogP contribution in [0, 0.1) is 0 Å². The van der Waals surface area contributed by atoms with Gasteiger partial charge in [-0.1, -0.05) is 38.9 Å². The predicted molar refractivity (Wildman–Crippen MR) is 89.6 cm³/mol. The fourth-order valence-electron chi connectivity index (χ4n) is 1.73. The molecule has 0 aliphatic rings. The Bertz CT molecular complexity index is 908. The van der Waals surface area contributed by atoms with Crippen LogP contribution in [-0.2, 0) is 10.0 Å². The number of fused-ring (bicyclic) bond motifs is 1. The third-order valence-corrected chi connectivity index (χ3v) is 5.86. The fourth-order valence-corrected chi connectivity index (χ4v) is 4.51. The number of rotatable bonds is 3. The summed E-state index contributed by atoms with van der Waals surface area (Å²) in [6.45, 7) is 0. The van der Waals surface area contributed by atoms with Crippen LogP contribution in [0.5, 0.6) is 0 Å². The van der Waals surface area contributed by atoms with Crippen molar-refractivity contribution in [1.82, 2.24) is 4.98 Å². The average Bonchev–Trinajstić information content (AvgIpc) is 2.79. The fraction of sp³-hybridized carbons (Fsp3) is 0. The number of aromatic nitrogens is 1. The zero-order valence-corrected chi connectivity index (χ0v) is 14.4. The van der Waals surface area contributed by atoms with Gasteiger partial charge in [0, 0.05) is 9.50 Å². The summed E-state index contributed by atoms with van der Waals surface area (Å²) in [4.78, 5) is 4.41. The van der Waals surface area contributed by atoms with Gasteiger partial charge in [-0.25, -0.2) is 13.4 Å². The molecule has 0 aliphatic heterocycles. The van der Waals surface area contributed by atoms with Gasteiger partial charge in [0.15, 0.2) is 5.13 Å². The van der Waals surface area contributed by atoms with E-state index in [0.717, 1.165) is 14.7 Å². The maximum Gasteiger partial charge on any atom is 0.263 e. The highest BCUT2D eigenvalue weighted by Gasteiger charge is 2.16. The standard InChI is InChI=1S/C13H8BrClN2O2S2/c14-8-1-6-11-12(7-8)20-13(16-11)17-21(18,19)10-4-2-9(15)3-5-10/h1-7H,(H,16,17). The first-order chi connectivity index (χ1) is 9.94. The van der Waals surface area contributed by atoms with Crippen molar-refractivity contribution >= 4 is 64.2 Å². The monoisotopic (exact) mass is 402 g/mol. The molecule has 0 atom stereocenters. The molecule has 3 rings (SSSR count). The molecule has 0 saturated carbocycles. The van der Waals surface area contributed by atoms with Gasteiger partial charge in [0.1, 0.15) is 0 Å². The molecule has 0 bridgehead atoms. The lowest BCUT2D eigenvalue weighted by Crippen LogP contribution is -2.12. The molecule has 0 fully saturated rings. The van der Waals surface area contributed by atoms with Crippen LogP contribution in [0.15, 0.2) is 51.8 Å². The maximum atomic E-state index is 12.3. The Hall–Kier alpha value is -1.15. The van der Waals surface area contributed by atoms with Gasteiger partial charge in [-0.15, -0.1) is 0 Å². The first-order valence-corrected chi connectivity index (χ1v) is 9.26. The van der Waals surface area contributed by atoms with E-state index in [-0.39, 0.29) is 4.90 Å². The number of thiazole rings is 1. The van der Waals surface area contributed by atoms with Crippen molar-refractivity contribution in [3.05, 3.63) is 52.0 Å². The minimum atomic E-state index is -3.66. The minimum absolute atomic E-state index is 0.146. The van der Waals surface area contributed by atoms with E-state index in [1.807, 2.05) is 18.2 Å². The summed E-state index contributed by atoms with van der Waals surface area (Å²) < 4.78 is 28.8.